The molecular formula is C12H15N3. The first-order valence-electron chi connectivity index (χ1n) is 5.12. The molecule has 0 unspecified atom stereocenters. The molecule has 0 spiro atoms. The van der Waals surface area contributed by atoms with Gasteiger partial charge in [0.15, 0.2) is 5.82 Å². The van der Waals surface area contributed by atoms with E-state index >= 15 is 0 Å². The average molecular weight is 201 g/mol. The highest BCUT2D eigenvalue weighted by molar-refractivity contribution is 5.51. The van der Waals surface area contributed by atoms with Crippen LogP contribution in [0.4, 0.5) is 0 Å². The van der Waals surface area contributed by atoms with Crippen molar-refractivity contribution in [3.8, 4) is 11.5 Å². The van der Waals surface area contributed by atoms with Gasteiger partial charge in [-0.2, -0.15) is 0 Å². The number of hydrogen-bond donors (Lipinski definition) is 0. The fourth-order valence-electron chi connectivity index (χ4n) is 1.54. The predicted molar refractivity (Wildman–Crippen MR) is 60.5 cm³/mol. The molecule has 2 rings (SSSR count). The molecule has 78 valence electrons. The molecule has 0 bridgehead atoms. The van der Waals surface area contributed by atoms with Gasteiger partial charge in [0.05, 0.1) is 0 Å². The number of nitrogens with zero attached hydrogens (tertiary/aromatic N) is 3. The molecular weight excluding hydrogens is 186 g/mol. The van der Waals surface area contributed by atoms with Crippen LogP contribution in [0.3, 0.4) is 0 Å². The minimum atomic E-state index is 0.520. The third-order valence-corrected chi connectivity index (χ3v) is 2.50. The van der Waals surface area contributed by atoms with Crippen LogP contribution in [0.25, 0.3) is 11.5 Å². The van der Waals surface area contributed by atoms with E-state index in [1.165, 1.54) is 5.56 Å². The summed E-state index contributed by atoms with van der Waals surface area (Å²) in [6.45, 7) is 4.36. The maximum atomic E-state index is 4.34. The number of imidazole rings is 1. The Morgan fingerprint density at radius 1 is 1.20 bits per heavy atom. The van der Waals surface area contributed by atoms with Crippen molar-refractivity contribution in [3.05, 3.63) is 36.3 Å². The number of aromatic nitrogens is 3. The Kier molecular flexibility index (Phi) is 2.54. The van der Waals surface area contributed by atoms with Crippen molar-refractivity contribution in [2.75, 3.05) is 0 Å². The van der Waals surface area contributed by atoms with E-state index in [4.69, 9.17) is 0 Å². The van der Waals surface area contributed by atoms with Crippen molar-refractivity contribution in [1.29, 1.82) is 0 Å². The van der Waals surface area contributed by atoms with Gasteiger partial charge >= 0.3 is 0 Å². The highest BCUT2D eigenvalue weighted by Gasteiger charge is 2.06. The molecule has 0 N–H and O–H groups in total. The van der Waals surface area contributed by atoms with Crippen molar-refractivity contribution in [2.45, 2.75) is 19.8 Å². The molecule has 2 aromatic heterocycles. The molecule has 2 aromatic rings. The van der Waals surface area contributed by atoms with Crippen LogP contribution in [-0.2, 0) is 7.05 Å². The Labute approximate surface area is 89.8 Å². The fourth-order valence-corrected chi connectivity index (χ4v) is 1.54. The molecule has 2 heterocycles. The molecule has 0 aliphatic carbocycles. The Morgan fingerprint density at radius 2 is 2.00 bits per heavy atom. The molecule has 0 amide bonds. The Morgan fingerprint density at radius 3 is 2.60 bits per heavy atom. The van der Waals surface area contributed by atoms with Gasteiger partial charge in [-0.05, 0) is 23.6 Å². The monoisotopic (exact) mass is 201 g/mol. The summed E-state index contributed by atoms with van der Waals surface area (Å²) in [7, 11) is 1.98. The van der Waals surface area contributed by atoms with Crippen molar-refractivity contribution >= 4 is 0 Å². The van der Waals surface area contributed by atoms with Crippen LogP contribution in [-0.4, -0.2) is 14.5 Å². The number of rotatable bonds is 2. The quantitative estimate of drug-likeness (QED) is 0.747. The van der Waals surface area contributed by atoms with Crippen LogP contribution < -0.4 is 0 Å². The summed E-state index contributed by atoms with van der Waals surface area (Å²) in [6, 6.07) is 4.16. The Balaban J connectivity index is 2.46. The third-order valence-electron chi connectivity index (χ3n) is 2.50. The first kappa shape index (κ1) is 9.90. The Hall–Kier alpha value is -1.64. The topological polar surface area (TPSA) is 30.7 Å². The van der Waals surface area contributed by atoms with Crippen molar-refractivity contribution in [3.63, 3.8) is 0 Å². The van der Waals surface area contributed by atoms with Crippen molar-refractivity contribution < 1.29 is 0 Å². The fraction of sp³-hybridized carbons (Fsp3) is 0.333. The van der Waals surface area contributed by atoms with Crippen LogP contribution in [0.5, 0.6) is 0 Å². The van der Waals surface area contributed by atoms with Crippen LogP contribution >= 0.6 is 0 Å². The molecule has 0 aromatic carbocycles. The van der Waals surface area contributed by atoms with Gasteiger partial charge in [0.2, 0.25) is 0 Å². The van der Waals surface area contributed by atoms with Gasteiger partial charge in [0, 0.05) is 25.6 Å². The first-order chi connectivity index (χ1) is 7.18. The summed E-state index contributed by atoms with van der Waals surface area (Å²) in [6.07, 6.45) is 5.57. The summed E-state index contributed by atoms with van der Waals surface area (Å²) >= 11 is 0. The standard InChI is InChI=1S/C12H15N3/c1-9(2)10-4-5-13-11(8-10)12-14-6-7-15(12)3/h4-9H,1-3H3. The van der Waals surface area contributed by atoms with E-state index in [0.29, 0.717) is 5.92 Å². The van der Waals surface area contributed by atoms with Crippen molar-refractivity contribution in [1.82, 2.24) is 14.5 Å². The second kappa shape index (κ2) is 3.85. The van der Waals surface area contributed by atoms with Gasteiger partial charge in [-0.15, -0.1) is 0 Å². The highest BCUT2D eigenvalue weighted by atomic mass is 15.0. The second-order valence-corrected chi connectivity index (χ2v) is 3.99. The van der Waals surface area contributed by atoms with E-state index in [-0.39, 0.29) is 0 Å². The molecule has 0 saturated heterocycles. The van der Waals surface area contributed by atoms with Gasteiger partial charge in [-0.25, -0.2) is 4.98 Å². The minimum Gasteiger partial charge on any atom is -0.333 e. The zero-order valence-corrected chi connectivity index (χ0v) is 9.31. The van der Waals surface area contributed by atoms with Crippen LogP contribution in [0.2, 0.25) is 0 Å². The third kappa shape index (κ3) is 1.91. The Bertz CT molecular complexity index is 457. The summed E-state index contributed by atoms with van der Waals surface area (Å²) in [5, 5.41) is 0. The molecule has 0 aliphatic heterocycles. The van der Waals surface area contributed by atoms with E-state index in [9.17, 15) is 0 Å². The van der Waals surface area contributed by atoms with Gasteiger partial charge < -0.3 is 4.57 Å². The number of aryl methyl sites for hydroxylation is 1. The zero-order valence-electron chi connectivity index (χ0n) is 9.31. The summed E-state index contributed by atoms with van der Waals surface area (Å²) in [5.41, 5.74) is 2.23. The molecule has 3 heteroatoms. The zero-order chi connectivity index (χ0) is 10.8. The minimum absolute atomic E-state index is 0.520. The van der Waals surface area contributed by atoms with Gasteiger partial charge in [-0.1, -0.05) is 13.8 Å². The molecule has 3 nitrogen and oxygen atoms in total. The first-order valence-corrected chi connectivity index (χ1v) is 5.12. The predicted octanol–water partition coefficient (Wildman–Crippen LogP) is 2.61. The maximum Gasteiger partial charge on any atom is 0.158 e. The molecule has 0 fully saturated rings. The second-order valence-electron chi connectivity index (χ2n) is 3.99. The van der Waals surface area contributed by atoms with E-state index in [1.54, 1.807) is 6.20 Å². The lowest BCUT2D eigenvalue weighted by atomic mass is 10.0. The van der Waals surface area contributed by atoms with E-state index in [0.717, 1.165) is 11.5 Å². The maximum absolute atomic E-state index is 4.34. The summed E-state index contributed by atoms with van der Waals surface area (Å²) in [5.74, 6) is 1.43. The van der Waals surface area contributed by atoms with E-state index in [2.05, 4.69) is 35.9 Å². The SMILES string of the molecule is CC(C)c1ccnc(-c2nccn2C)c1. The van der Waals surface area contributed by atoms with Crippen molar-refractivity contribution in [2.24, 2.45) is 7.05 Å². The molecule has 0 atom stereocenters. The van der Waals surface area contributed by atoms with E-state index < -0.39 is 0 Å². The summed E-state index contributed by atoms with van der Waals surface area (Å²) in [4.78, 5) is 8.63. The highest BCUT2D eigenvalue weighted by Crippen LogP contribution is 2.19. The average Bonchev–Trinajstić information content (AvgIpc) is 2.64. The molecule has 0 saturated carbocycles. The largest absolute Gasteiger partial charge is 0.333 e. The smallest absolute Gasteiger partial charge is 0.158 e. The lowest BCUT2D eigenvalue weighted by molar-refractivity contribution is 0.859. The normalized spacial score (nSPS) is 10.9. The van der Waals surface area contributed by atoms with Crippen LogP contribution in [0.15, 0.2) is 30.7 Å². The lowest BCUT2D eigenvalue weighted by Crippen LogP contribution is -1.96. The van der Waals surface area contributed by atoms with Gasteiger partial charge in [-0.3, -0.25) is 4.98 Å². The molecule has 0 aliphatic rings. The summed E-state index contributed by atoms with van der Waals surface area (Å²) < 4.78 is 1.98. The van der Waals surface area contributed by atoms with Crippen LogP contribution in [0, 0.1) is 0 Å². The number of hydrogen-bond acceptors (Lipinski definition) is 2. The molecule has 15 heavy (non-hydrogen) atoms. The van der Waals surface area contributed by atoms with Crippen LogP contribution in [0.1, 0.15) is 25.3 Å². The molecule has 0 radical (unpaired) electrons. The van der Waals surface area contributed by atoms with E-state index in [1.807, 2.05) is 24.0 Å². The lowest BCUT2D eigenvalue weighted by Gasteiger charge is -2.07. The van der Waals surface area contributed by atoms with Gasteiger partial charge in [0.1, 0.15) is 5.69 Å². The van der Waals surface area contributed by atoms with Gasteiger partial charge in [0.25, 0.3) is 0 Å². The number of pyridine rings is 1.